The maximum atomic E-state index is 12.5. The largest absolute Gasteiger partial charge is 0.381 e. The third kappa shape index (κ3) is 3.54. The predicted octanol–water partition coefficient (Wildman–Crippen LogP) is 2.78. The lowest BCUT2D eigenvalue weighted by atomic mass is 9.74. The van der Waals surface area contributed by atoms with E-state index in [1.165, 1.54) is 5.56 Å². The predicted molar refractivity (Wildman–Crippen MR) is 91.6 cm³/mol. The summed E-state index contributed by atoms with van der Waals surface area (Å²) in [6.45, 7) is 2.04. The van der Waals surface area contributed by atoms with Crippen LogP contribution in [-0.2, 0) is 14.9 Å². The Balaban J connectivity index is 1.74. The van der Waals surface area contributed by atoms with Gasteiger partial charge in [-0.1, -0.05) is 36.6 Å². The molecule has 0 aromatic heterocycles. The number of hydrogen-bond donors (Lipinski definition) is 2. The molecule has 1 saturated heterocycles. The van der Waals surface area contributed by atoms with Crippen LogP contribution >= 0.6 is 11.6 Å². The van der Waals surface area contributed by atoms with E-state index in [4.69, 9.17) is 22.1 Å². The number of benzene rings is 1. The molecule has 2 fully saturated rings. The minimum absolute atomic E-state index is 0.00479. The van der Waals surface area contributed by atoms with Gasteiger partial charge in [0.1, 0.15) is 0 Å². The van der Waals surface area contributed by atoms with Crippen LogP contribution in [0.5, 0.6) is 0 Å². The van der Waals surface area contributed by atoms with Gasteiger partial charge in [-0.25, -0.2) is 0 Å². The van der Waals surface area contributed by atoms with Crippen LogP contribution in [0.4, 0.5) is 0 Å². The average molecular weight is 337 g/mol. The second kappa shape index (κ2) is 6.80. The molecule has 126 valence electrons. The van der Waals surface area contributed by atoms with E-state index in [-0.39, 0.29) is 11.3 Å². The fourth-order valence-corrected chi connectivity index (χ4v) is 3.92. The first kappa shape index (κ1) is 16.7. The number of nitrogens with two attached hydrogens (primary N) is 1. The smallest absolute Gasteiger partial charge is 0.240 e. The van der Waals surface area contributed by atoms with Crippen molar-refractivity contribution in [2.24, 2.45) is 5.73 Å². The molecule has 1 aliphatic heterocycles. The number of amides is 1. The molecule has 0 spiro atoms. The van der Waals surface area contributed by atoms with E-state index < -0.39 is 5.54 Å². The minimum Gasteiger partial charge on any atom is -0.381 e. The number of hydrogen-bond acceptors (Lipinski definition) is 3. The van der Waals surface area contributed by atoms with Gasteiger partial charge in [0.25, 0.3) is 0 Å². The molecule has 3 N–H and O–H groups in total. The van der Waals surface area contributed by atoms with Crippen LogP contribution in [0.1, 0.15) is 44.1 Å². The molecule has 1 saturated carbocycles. The minimum atomic E-state index is -0.674. The molecule has 1 amide bonds. The maximum absolute atomic E-state index is 12.5. The summed E-state index contributed by atoms with van der Waals surface area (Å²) in [7, 11) is 0. The number of carbonyl (C=O) groups excluding carboxylic acids is 1. The fourth-order valence-electron chi connectivity index (χ4n) is 3.79. The third-order valence-electron chi connectivity index (χ3n) is 5.44. The standard InChI is InChI=1S/C18H25ClN2O2/c19-15-5-3-14(4-6-15)17(9-11-23-12-10-17)13-21-16(22)18(20)7-1-2-8-18/h3-6H,1-2,7-13,20H2,(H,21,22). The van der Waals surface area contributed by atoms with Gasteiger partial charge < -0.3 is 15.8 Å². The van der Waals surface area contributed by atoms with Gasteiger partial charge in [0, 0.05) is 30.2 Å². The molecule has 1 aromatic rings. The van der Waals surface area contributed by atoms with E-state index in [2.05, 4.69) is 17.4 Å². The van der Waals surface area contributed by atoms with Gasteiger partial charge in [-0.15, -0.1) is 0 Å². The molecular formula is C18H25ClN2O2. The highest BCUT2D eigenvalue weighted by atomic mass is 35.5. The third-order valence-corrected chi connectivity index (χ3v) is 5.69. The molecule has 23 heavy (non-hydrogen) atoms. The monoisotopic (exact) mass is 336 g/mol. The van der Waals surface area contributed by atoms with Crippen molar-refractivity contribution in [2.75, 3.05) is 19.8 Å². The summed E-state index contributed by atoms with van der Waals surface area (Å²) < 4.78 is 5.53. The Morgan fingerprint density at radius 2 is 1.74 bits per heavy atom. The van der Waals surface area contributed by atoms with Crippen LogP contribution in [0.3, 0.4) is 0 Å². The van der Waals surface area contributed by atoms with Crippen molar-refractivity contribution in [3.63, 3.8) is 0 Å². The highest BCUT2D eigenvalue weighted by molar-refractivity contribution is 6.30. The summed E-state index contributed by atoms with van der Waals surface area (Å²) >= 11 is 6.02. The number of carbonyl (C=O) groups is 1. The average Bonchev–Trinajstić information content (AvgIpc) is 3.02. The topological polar surface area (TPSA) is 64.4 Å². The van der Waals surface area contributed by atoms with Crippen LogP contribution in [0.15, 0.2) is 24.3 Å². The Morgan fingerprint density at radius 3 is 2.35 bits per heavy atom. The molecule has 1 aromatic carbocycles. The zero-order chi connectivity index (χ0) is 16.3. The van der Waals surface area contributed by atoms with Gasteiger partial charge in [-0.2, -0.15) is 0 Å². The van der Waals surface area contributed by atoms with Crippen molar-refractivity contribution in [3.8, 4) is 0 Å². The molecule has 4 nitrogen and oxygen atoms in total. The Kier molecular flexibility index (Phi) is 4.95. The van der Waals surface area contributed by atoms with Gasteiger partial charge in [0.05, 0.1) is 5.54 Å². The van der Waals surface area contributed by atoms with Crippen molar-refractivity contribution < 1.29 is 9.53 Å². The van der Waals surface area contributed by atoms with E-state index in [9.17, 15) is 4.79 Å². The summed E-state index contributed by atoms with van der Waals surface area (Å²) in [5.41, 5.74) is 6.71. The number of halogens is 1. The molecule has 0 unspecified atom stereocenters. The highest BCUT2D eigenvalue weighted by Crippen LogP contribution is 2.35. The van der Waals surface area contributed by atoms with Crippen molar-refractivity contribution in [1.29, 1.82) is 0 Å². The van der Waals surface area contributed by atoms with Gasteiger partial charge in [0.2, 0.25) is 5.91 Å². The Bertz CT molecular complexity index is 547. The van der Waals surface area contributed by atoms with Crippen LogP contribution < -0.4 is 11.1 Å². The van der Waals surface area contributed by atoms with Crippen molar-refractivity contribution >= 4 is 17.5 Å². The van der Waals surface area contributed by atoms with Gasteiger partial charge >= 0.3 is 0 Å². The molecule has 0 atom stereocenters. The first-order chi connectivity index (χ1) is 11.0. The lowest BCUT2D eigenvalue weighted by Crippen LogP contribution is -2.55. The Morgan fingerprint density at radius 1 is 1.13 bits per heavy atom. The number of ether oxygens (including phenoxy) is 1. The lowest BCUT2D eigenvalue weighted by molar-refractivity contribution is -0.126. The molecule has 1 heterocycles. The van der Waals surface area contributed by atoms with E-state index in [0.717, 1.165) is 43.5 Å². The molecule has 1 aliphatic carbocycles. The van der Waals surface area contributed by atoms with Crippen molar-refractivity contribution in [2.45, 2.75) is 49.5 Å². The molecule has 0 radical (unpaired) electrons. The van der Waals surface area contributed by atoms with Gasteiger partial charge in [0.15, 0.2) is 0 Å². The maximum Gasteiger partial charge on any atom is 0.240 e. The number of rotatable bonds is 4. The van der Waals surface area contributed by atoms with Gasteiger partial charge in [-0.05, 0) is 43.4 Å². The van der Waals surface area contributed by atoms with Crippen molar-refractivity contribution in [1.82, 2.24) is 5.32 Å². The zero-order valence-corrected chi connectivity index (χ0v) is 14.2. The van der Waals surface area contributed by atoms with Gasteiger partial charge in [-0.3, -0.25) is 4.79 Å². The van der Waals surface area contributed by atoms with Crippen LogP contribution in [0, 0.1) is 0 Å². The summed E-state index contributed by atoms with van der Waals surface area (Å²) in [4.78, 5) is 12.5. The fraction of sp³-hybridized carbons (Fsp3) is 0.611. The first-order valence-corrected chi connectivity index (χ1v) is 8.83. The highest BCUT2D eigenvalue weighted by Gasteiger charge is 2.40. The summed E-state index contributed by atoms with van der Waals surface area (Å²) in [6, 6.07) is 7.95. The molecule has 2 aliphatic rings. The summed E-state index contributed by atoms with van der Waals surface area (Å²) in [5.74, 6) is -0.00479. The summed E-state index contributed by atoms with van der Waals surface area (Å²) in [5, 5.41) is 3.86. The molecule has 5 heteroatoms. The van der Waals surface area contributed by atoms with Crippen LogP contribution in [0.2, 0.25) is 5.02 Å². The summed E-state index contributed by atoms with van der Waals surface area (Å²) in [6.07, 6.45) is 5.45. The van der Waals surface area contributed by atoms with E-state index >= 15 is 0 Å². The lowest BCUT2D eigenvalue weighted by Gasteiger charge is -2.38. The molecule has 3 rings (SSSR count). The number of nitrogens with one attached hydrogen (secondary N) is 1. The quantitative estimate of drug-likeness (QED) is 0.888. The second-order valence-corrected chi connectivity index (χ2v) is 7.38. The first-order valence-electron chi connectivity index (χ1n) is 8.45. The van der Waals surface area contributed by atoms with Crippen LogP contribution in [0.25, 0.3) is 0 Å². The molecular weight excluding hydrogens is 312 g/mol. The SMILES string of the molecule is NC1(C(=O)NCC2(c3ccc(Cl)cc3)CCOCC2)CCCC1. The normalized spacial score (nSPS) is 22.7. The van der Waals surface area contributed by atoms with E-state index in [0.29, 0.717) is 19.8 Å². The van der Waals surface area contributed by atoms with E-state index in [1.807, 2.05) is 12.1 Å². The Labute approximate surface area is 142 Å². The van der Waals surface area contributed by atoms with Crippen molar-refractivity contribution in [3.05, 3.63) is 34.9 Å². The zero-order valence-electron chi connectivity index (χ0n) is 13.4. The molecule has 0 bridgehead atoms. The van der Waals surface area contributed by atoms with Crippen LogP contribution in [-0.4, -0.2) is 31.2 Å². The second-order valence-electron chi connectivity index (χ2n) is 6.95. The van der Waals surface area contributed by atoms with E-state index in [1.54, 1.807) is 0 Å². The Hall–Kier alpha value is -1.10.